The van der Waals surface area contributed by atoms with Crippen molar-refractivity contribution in [1.29, 1.82) is 0 Å². The highest BCUT2D eigenvalue weighted by Crippen LogP contribution is 2.28. The SMILES string of the molecule is Br.Cc1cc(-c2csc(Nc3ccc(Cl)cc3)n2)ccc1F. The van der Waals surface area contributed by atoms with Crippen LogP contribution in [0.2, 0.25) is 5.02 Å². The molecule has 2 nitrogen and oxygen atoms in total. The van der Waals surface area contributed by atoms with Crippen molar-refractivity contribution in [3.63, 3.8) is 0 Å². The van der Waals surface area contributed by atoms with Gasteiger partial charge in [0.25, 0.3) is 0 Å². The summed E-state index contributed by atoms with van der Waals surface area (Å²) in [7, 11) is 0. The predicted molar refractivity (Wildman–Crippen MR) is 97.3 cm³/mol. The highest BCUT2D eigenvalue weighted by Gasteiger charge is 2.07. The van der Waals surface area contributed by atoms with E-state index < -0.39 is 0 Å². The summed E-state index contributed by atoms with van der Waals surface area (Å²) in [5.74, 6) is -0.200. The first-order valence-electron chi connectivity index (χ1n) is 6.36. The maximum absolute atomic E-state index is 13.3. The second-order valence-corrected chi connectivity index (χ2v) is 5.93. The van der Waals surface area contributed by atoms with E-state index in [2.05, 4.69) is 10.3 Å². The molecular formula is C16H13BrClFN2S. The molecule has 0 saturated heterocycles. The molecule has 0 unspecified atom stereocenters. The van der Waals surface area contributed by atoms with E-state index in [1.807, 2.05) is 29.6 Å². The number of rotatable bonds is 3. The Kier molecular flexibility index (Phi) is 5.56. The lowest BCUT2D eigenvalue weighted by Gasteiger charge is -2.02. The van der Waals surface area contributed by atoms with E-state index in [1.54, 1.807) is 19.1 Å². The van der Waals surface area contributed by atoms with Gasteiger partial charge in [-0.3, -0.25) is 0 Å². The Hall–Kier alpha value is -1.43. The Bertz CT molecular complexity index is 774. The van der Waals surface area contributed by atoms with E-state index in [4.69, 9.17) is 11.6 Å². The highest BCUT2D eigenvalue weighted by molar-refractivity contribution is 8.93. The fourth-order valence-electron chi connectivity index (χ4n) is 1.92. The van der Waals surface area contributed by atoms with Crippen molar-refractivity contribution in [2.24, 2.45) is 0 Å². The first kappa shape index (κ1) is 16.9. The van der Waals surface area contributed by atoms with Crippen LogP contribution in [0.5, 0.6) is 0 Å². The maximum Gasteiger partial charge on any atom is 0.187 e. The second kappa shape index (κ2) is 7.22. The van der Waals surface area contributed by atoms with Gasteiger partial charge in [0.15, 0.2) is 5.13 Å². The molecule has 0 aliphatic rings. The van der Waals surface area contributed by atoms with Crippen molar-refractivity contribution in [3.05, 3.63) is 64.2 Å². The predicted octanol–water partition coefficient (Wildman–Crippen LogP) is 6.23. The van der Waals surface area contributed by atoms with Crippen LogP contribution in [-0.4, -0.2) is 4.98 Å². The van der Waals surface area contributed by atoms with E-state index >= 15 is 0 Å². The Morgan fingerprint density at radius 2 is 1.86 bits per heavy atom. The van der Waals surface area contributed by atoms with Gasteiger partial charge in [0.05, 0.1) is 5.69 Å². The fourth-order valence-corrected chi connectivity index (χ4v) is 2.79. The smallest absolute Gasteiger partial charge is 0.187 e. The third kappa shape index (κ3) is 3.85. The summed E-state index contributed by atoms with van der Waals surface area (Å²) in [5, 5.41) is 6.65. The number of nitrogens with one attached hydrogen (secondary N) is 1. The van der Waals surface area contributed by atoms with Gasteiger partial charge in [-0.05, 0) is 55.0 Å². The largest absolute Gasteiger partial charge is 0.332 e. The molecule has 6 heteroatoms. The van der Waals surface area contributed by atoms with Crippen LogP contribution < -0.4 is 5.32 Å². The van der Waals surface area contributed by atoms with Gasteiger partial charge in [-0.25, -0.2) is 9.37 Å². The van der Waals surface area contributed by atoms with Crippen molar-refractivity contribution < 1.29 is 4.39 Å². The van der Waals surface area contributed by atoms with Gasteiger partial charge in [0.1, 0.15) is 5.82 Å². The second-order valence-electron chi connectivity index (χ2n) is 4.63. The summed E-state index contributed by atoms with van der Waals surface area (Å²) in [6, 6.07) is 12.4. The van der Waals surface area contributed by atoms with Crippen molar-refractivity contribution >= 4 is 50.7 Å². The topological polar surface area (TPSA) is 24.9 Å². The van der Waals surface area contributed by atoms with Crippen LogP contribution in [-0.2, 0) is 0 Å². The minimum absolute atomic E-state index is 0. The summed E-state index contributed by atoms with van der Waals surface area (Å²) < 4.78 is 13.3. The lowest BCUT2D eigenvalue weighted by molar-refractivity contribution is 0.619. The maximum atomic E-state index is 13.3. The highest BCUT2D eigenvalue weighted by atomic mass is 79.9. The summed E-state index contributed by atoms with van der Waals surface area (Å²) in [5.41, 5.74) is 3.29. The molecular weight excluding hydrogens is 387 g/mol. The molecule has 0 amide bonds. The Morgan fingerprint density at radius 1 is 1.14 bits per heavy atom. The molecule has 0 spiro atoms. The van der Waals surface area contributed by atoms with Crippen LogP contribution in [0.4, 0.5) is 15.2 Å². The molecule has 3 aromatic rings. The molecule has 1 N–H and O–H groups in total. The lowest BCUT2D eigenvalue weighted by atomic mass is 10.1. The van der Waals surface area contributed by atoms with Gasteiger partial charge in [0.2, 0.25) is 0 Å². The van der Waals surface area contributed by atoms with Crippen LogP contribution in [0.1, 0.15) is 5.56 Å². The van der Waals surface area contributed by atoms with Crippen molar-refractivity contribution in [2.75, 3.05) is 5.32 Å². The standard InChI is InChI=1S/C16H12ClFN2S.BrH/c1-10-8-11(2-7-14(10)18)15-9-21-16(20-15)19-13-5-3-12(17)4-6-13;/h2-9H,1H3,(H,19,20);1H. The minimum atomic E-state index is -0.200. The third-order valence-corrected chi connectivity index (χ3v) is 4.06. The molecule has 0 atom stereocenters. The number of hydrogen-bond acceptors (Lipinski definition) is 3. The first-order valence-corrected chi connectivity index (χ1v) is 7.62. The van der Waals surface area contributed by atoms with Crippen LogP contribution in [0, 0.1) is 12.7 Å². The Balaban J connectivity index is 0.00000176. The number of benzene rings is 2. The zero-order valence-corrected chi connectivity index (χ0v) is 14.9. The number of halogens is 3. The molecule has 0 aliphatic heterocycles. The number of aromatic nitrogens is 1. The molecule has 3 rings (SSSR count). The van der Waals surface area contributed by atoms with Gasteiger partial charge < -0.3 is 5.32 Å². The van der Waals surface area contributed by atoms with E-state index in [9.17, 15) is 4.39 Å². The van der Waals surface area contributed by atoms with E-state index in [0.29, 0.717) is 10.6 Å². The van der Waals surface area contributed by atoms with Crippen molar-refractivity contribution in [3.8, 4) is 11.3 Å². The summed E-state index contributed by atoms with van der Waals surface area (Å²) >= 11 is 7.36. The summed E-state index contributed by atoms with van der Waals surface area (Å²) in [6.45, 7) is 1.75. The van der Waals surface area contributed by atoms with Crippen LogP contribution >= 0.6 is 39.9 Å². The quantitative estimate of drug-likeness (QED) is 0.564. The van der Waals surface area contributed by atoms with Crippen molar-refractivity contribution in [2.45, 2.75) is 6.92 Å². The third-order valence-electron chi connectivity index (χ3n) is 3.05. The molecule has 1 aromatic heterocycles. The number of nitrogens with zero attached hydrogens (tertiary/aromatic N) is 1. The monoisotopic (exact) mass is 398 g/mol. The van der Waals surface area contributed by atoms with Gasteiger partial charge in [-0.2, -0.15) is 0 Å². The molecule has 0 bridgehead atoms. The molecule has 0 aliphatic carbocycles. The Morgan fingerprint density at radius 3 is 2.55 bits per heavy atom. The van der Waals surface area contributed by atoms with E-state index in [1.165, 1.54) is 17.4 Å². The normalized spacial score (nSPS) is 10.1. The lowest BCUT2D eigenvalue weighted by Crippen LogP contribution is -1.89. The van der Waals surface area contributed by atoms with Gasteiger partial charge in [-0.15, -0.1) is 28.3 Å². The molecule has 2 aromatic carbocycles. The summed E-state index contributed by atoms with van der Waals surface area (Å²) in [6.07, 6.45) is 0. The van der Waals surface area contributed by atoms with Crippen LogP contribution in [0.3, 0.4) is 0 Å². The van der Waals surface area contributed by atoms with E-state index in [-0.39, 0.29) is 22.8 Å². The number of anilines is 2. The molecule has 0 radical (unpaired) electrons. The van der Waals surface area contributed by atoms with Crippen LogP contribution in [0.25, 0.3) is 11.3 Å². The average Bonchev–Trinajstić information content (AvgIpc) is 2.93. The number of hydrogen-bond donors (Lipinski definition) is 1. The van der Waals surface area contributed by atoms with Gasteiger partial charge in [0, 0.05) is 21.7 Å². The minimum Gasteiger partial charge on any atom is -0.332 e. The summed E-state index contributed by atoms with van der Waals surface area (Å²) in [4.78, 5) is 4.52. The number of thiazole rings is 1. The molecule has 22 heavy (non-hydrogen) atoms. The van der Waals surface area contributed by atoms with Gasteiger partial charge in [-0.1, -0.05) is 11.6 Å². The van der Waals surface area contributed by atoms with Crippen LogP contribution in [0.15, 0.2) is 47.8 Å². The van der Waals surface area contributed by atoms with Gasteiger partial charge >= 0.3 is 0 Å². The molecule has 1 heterocycles. The average molecular weight is 400 g/mol. The Labute approximate surface area is 147 Å². The zero-order valence-electron chi connectivity index (χ0n) is 11.6. The molecule has 114 valence electrons. The molecule has 0 saturated carbocycles. The zero-order chi connectivity index (χ0) is 14.8. The number of aryl methyl sites for hydroxylation is 1. The molecule has 0 fully saturated rings. The van der Waals surface area contributed by atoms with E-state index in [0.717, 1.165) is 22.1 Å². The van der Waals surface area contributed by atoms with Crippen molar-refractivity contribution in [1.82, 2.24) is 4.98 Å². The first-order chi connectivity index (χ1) is 10.1. The fraction of sp³-hybridized carbons (Fsp3) is 0.0625.